The quantitative estimate of drug-likeness (QED) is 0.408. The second kappa shape index (κ2) is 10.1. The third kappa shape index (κ3) is 4.29. The summed E-state index contributed by atoms with van der Waals surface area (Å²) < 4.78 is 48.5. The fraction of sp³-hybridized carbons (Fsp3) is 0.385. The van der Waals surface area contributed by atoms with Crippen molar-refractivity contribution in [3.05, 3.63) is 42.4 Å². The molecule has 1 unspecified atom stereocenters. The molecule has 2 aliphatic rings. The monoisotopic (exact) mass is 523 g/mol. The molecule has 10 nitrogen and oxygen atoms in total. The summed E-state index contributed by atoms with van der Waals surface area (Å²) in [6.45, 7) is 3.96. The van der Waals surface area contributed by atoms with Crippen molar-refractivity contribution in [2.24, 2.45) is 0 Å². The standard InChI is InChI=1S/C26H27F2N7O3/c1-36-19-10-20(37-2)23(28)21(22(19)27)18-9-15-11-30-25(16-12-31-35(14-16)17-3-4-29-13-17)33-24(15)26(32-18)34-5-7-38-8-6-34/h9-12,14,17,29H,3-8,13H2,1-2H3. The number of fused-ring (bicyclic) bond motifs is 1. The van der Waals surface area contributed by atoms with Gasteiger partial charge in [-0.15, -0.1) is 0 Å². The lowest BCUT2D eigenvalue weighted by Gasteiger charge is -2.29. The van der Waals surface area contributed by atoms with Gasteiger partial charge >= 0.3 is 0 Å². The first kappa shape index (κ1) is 24.4. The number of methoxy groups -OCH3 is 2. The van der Waals surface area contributed by atoms with Crippen LogP contribution in [0.15, 0.2) is 30.7 Å². The average Bonchev–Trinajstić information content (AvgIpc) is 3.66. The summed E-state index contributed by atoms with van der Waals surface area (Å²) in [4.78, 5) is 16.1. The van der Waals surface area contributed by atoms with Crippen LogP contribution in [0.2, 0.25) is 0 Å². The van der Waals surface area contributed by atoms with E-state index in [0.717, 1.165) is 25.1 Å². The first-order valence-electron chi connectivity index (χ1n) is 12.4. The Hall–Kier alpha value is -3.90. The molecule has 38 heavy (non-hydrogen) atoms. The van der Waals surface area contributed by atoms with Crippen LogP contribution in [0.5, 0.6) is 11.5 Å². The Kier molecular flexibility index (Phi) is 6.50. The molecule has 1 N–H and O–H groups in total. The lowest BCUT2D eigenvalue weighted by Crippen LogP contribution is -2.37. The SMILES string of the molecule is COc1cc(OC)c(F)c(-c2cc3cnc(-c4cnn(C5CCNC5)c4)nc3c(N3CCOCC3)n2)c1F. The maximum atomic E-state index is 15.4. The Morgan fingerprint density at radius 1 is 1.03 bits per heavy atom. The molecule has 2 fully saturated rings. The predicted molar refractivity (Wildman–Crippen MR) is 137 cm³/mol. The van der Waals surface area contributed by atoms with Crippen LogP contribution < -0.4 is 19.7 Å². The highest BCUT2D eigenvalue weighted by molar-refractivity contribution is 5.92. The van der Waals surface area contributed by atoms with Gasteiger partial charge in [-0.3, -0.25) is 4.68 Å². The van der Waals surface area contributed by atoms with E-state index in [2.05, 4.69) is 15.4 Å². The molecule has 5 heterocycles. The molecule has 0 radical (unpaired) electrons. The molecule has 0 bridgehead atoms. The van der Waals surface area contributed by atoms with E-state index in [4.69, 9.17) is 24.2 Å². The highest BCUT2D eigenvalue weighted by Gasteiger charge is 2.26. The molecule has 12 heteroatoms. The first-order valence-corrected chi connectivity index (χ1v) is 12.4. The molecule has 3 aromatic heterocycles. The number of aromatic nitrogens is 5. The summed E-state index contributed by atoms with van der Waals surface area (Å²) in [6, 6.07) is 3.05. The molecule has 0 saturated carbocycles. The zero-order valence-electron chi connectivity index (χ0n) is 21.1. The Bertz CT molecular complexity index is 1460. The second-order valence-electron chi connectivity index (χ2n) is 9.20. The van der Waals surface area contributed by atoms with E-state index in [-0.39, 0.29) is 22.8 Å². The highest BCUT2D eigenvalue weighted by Crippen LogP contribution is 2.39. The minimum Gasteiger partial charge on any atom is -0.494 e. The molecule has 1 aromatic carbocycles. The van der Waals surface area contributed by atoms with Gasteiger partial charge in [0.25, 0.3) is 0 Å². The van der Waals surface area contributed by atoms with E-state index in [1.165, 1.54) is 20.3 Å². The Morgan fingerprint density at radius 3 is 2.47 bits per heavy atom. The molecular weight excluding hydrogens is 496 g/mol. The van der Waals surface area contributed by atoms with E-state index in [9.17, 15) is 0 Å². The van der Waals surface area contributed by atoms with Gasteiger partial charge in [0.05, 0.1) is 56.5 Å². The van der Waals surface area contributed by atoms with Gasteiger partial charge in [-0.05, 0) is 19.0 Å². The summed E-state index contributed by atoms with van der Waals surface area (Å²) in [5.74, 6) is -1.02. The topological polar surface area (TPSA) is 99.5 Å². The van der Waals surface area contributed by atoms with Crippen LogP contribution in [0.1, 0.15) is 12.5 Å². The van der Waals surface area contributed by atoms with Crippen LogP contribution in [0.4, 0.5) is 14.6 Å². The van der Waals surface area contributed by atoms with Crippen LogP contribution in [0.3, 0.4) is 0 Å². The fourth-order valence-electron chi connectivity index (χ4n) is 4.91. The molecule has 2 aliphatic heterocycles. The van der Waals surface area contributed by atoms with Crippen LogP contribution in [0.25, 0.3) is 33.5 Å². The van der Waals surface area contributed by atoms with Crippen molar-refractivity contribution in [3.63, 3.8) is 0 Å². The first-order chi connectivity index (χ1) is 18.6. The van der Waals surface area contributed by atoms with Crippen LogP contribution in [0, 0.1) is 11.6 Å². The number of ether oxygens (including phenoxy) is 3. The number of rotatable bonds is 6. The van der Waals surface area contributed by atoms with Crippen LogP contribution in [-0.4, -0.2) is 78.3 Å². The number of anilines is 1. The highest BCUT2D eigenvalue weighted by atomic mass is 19.1. The molecule has 0 amide bonds. The number of benzene rings is 1. The summed E-state index contributed by atoms with van der Waals surface area (Å²) in [5, 5.41) is 8.45. The van der Waals surface area contributed by atoms with E-state index in [1.54, 1.807) is 18.5 Å². The minimum absolute atomic E-state index is 0.0871. The largest absolute Gasteiger partial charge is 0.494 e. The van der Waals surface area contributed by atoms with E-state index >= 15 is 8.78 Å². The van der Waals surface area contributed by atoms with Crippen molar-refractivity contribution in [3.8, 4) is 34.1 Å². The maximum Gasteiger partial charge on any atom is 0.177 e. The van der Waals surface area contributed by atoms with Crippen molar-refractivity contribution < 1.29 is 23.0 Å². The average molecular weight is 524 g/mol. The zero-order valence-corrected chi connectivity index (χ0v) is 21.1. The zero-order chi connectivity index (χ0) is 26.2. The van der Waals surface area contributed by atoms with Crippen molar-refractivity contribution in [1.82, 2.24) is 30.0 Å². The van der Waals surface area contributed by atoms with E-state index < -0.39 is 11.6 Å². The van der Waals surface area contributed by atoms with Crippen molar-refractivity contribution >= 4 is 16.7 Å². The van der Waals surface area contributed by atoms with Gasteiger partial charge in [-0.25, -0.2) is 23.7 Å². The van der Waals surface area contributed by atoms with Gasteiger partial charge in [-0.1, -0.05) is 0 Å². The second-order valence-corrected chi connectivity index (χ2v) is 9.20. The van der Waals surface area contributed by atoms with Crippen molar-refractivity contribution in [2.45, 2.75) is 12.5 Å². The van der Waals surface area contributed by atoms with E-state index in [1.807, 2.05) is 15.8 Å². The van der Waals surface area contributed by atoms with Gasteiger partial charge in [0.15, 0.2) is 34.8 Å². The number of nitrogens with one attached hydrogen (secondary N) is 1. The molecule has 2 saturated heterocycles. The molecule has 198 valence electrons. The lowest BCUT2D eigenvalue weighted by molar-refractivity contribution is 0.122. The smallest absolute Gasteiger partial charge is 0.177 e. The minimum atomic E-state index is -0.864. The lowest BCUT2D eigenvalue weighted by atomic mass is 10.1. The molecule has 6 rings (SSSR count). The molecule has 4 aromatic rings. The number of pyridine rings is 1. The Morgan fingerprint density at radius 2 is 1.79 bits per heavy atom. The predicted octanol–water partition coefficient (Wildman–Crippen LogP) is 3.22. The van der Waals surface area contributed by atoms with Gasteiger partial charge in [0, 0.05) is 43.5 Å². The normalized spacial score (nSPS) is 17.8. The molecular formula is C26H27F2N7O3. The summed E-state index contributed by atoms with van der Waals surface area (Å²) in [6.07, 6.45) is 6.36. The molecule has 1 atom stereocenters. The Labute approximate surface area is 217 Å². The number of hydrogen-bond acceptors (Lipinski definition) is 9. The third-order valence-electron chi connectivity index (χ3n) is 6.96. The third-order valence-corrected chi connectivity index (χ3v) is 6.96. The number of morpholine rings is 1. The van der Waals surface area contributed by atoms with Crippen LogP contribution >= 0.6 is 0 Å². The molecule has 0 spiro atoms. The summed E-state index contributed by atoms with van der Waals surface area (Å²) in [7, 11) is 2.63. The maximum absolute atomic E-state index is 15.4. The van der Waals surface area contributed by atoms with Gasteiger partial charge in [0.2, 0.25) is 0 Å². The van der Waals surface area contributed by atoms with Gasteiger partial charge in [-0.2, -0.15) is 5.10 Å². The van der Waals surface area contributed by atoms with Gasteiger partial charge < -0.3 is 24.4 Å². The van der Waals surface area contributed by atoms with Gasteiger partial charge in [0.1, 0.15) is 5.52 Å². The van der Waals surface area contributed by atoms with Crippen molar-refractivity contribution in [1.29, 1.82) is 0 Å². The number of hydrogen-bond donors (Lipinski definition) is 1. The van der Waals surface area contributed by atoms with Crippen molar-refractivity contribution in [2.75, 3.05) is 58.5 Å². The molecule has 0 aliphatic carbocycles. The van der Waals surface area contributed by atoms with Crippen LogP contribution in [-0.2, 0) is 4.74 Å². The Balaban J connectivity index is 1.50. The summed E-state index contributed by atoms with van der Waals surface area (Å²) in [5.41, 5.74) is 1.11. The number of halogens is 2. The number of nitrogens with zero attached hydrogens (tertiary/aromatic N) is 6. The van der Waals surface area contributed by atoms with E-state index in [0.29, 0.717) is 54.9 Å². The summed E-state index contributed by atoms with van der Waals surface area (Å²) >= 11 is 0. The fourth-order valence-corrected chi connectivity index (χ4v) is 4.91.